The van der Waals surface area contributed by atoms with Crippen LogP contribution in [-0.2, 0) is 14.6 Å². The van der Waals surface area contributed by atoms with Gasteiger partial charge in [0, 0.05) is 5.54 Å². The molecule has 0 aliphatic rings. The predicted octanol–water partition coefficient (Wildman–Crippen LogP) is 0.322. The van der Waals surface area contributed by atoms with Crippen molar-refractivity contribution in [1.29, 1.82) is 0 Å². The van der Waals surface area contributed by atoms with Crippen LogP contribution in [0.4, 0.5) is 0 Å². The van der Waals surface area contributed by atoms with Gasteiger partial charge in [0.2, 0.25) is 0 Å². The Morgan fingerprint density at radius 2 is 1.58 bits per heavy atom. The lowest BCUT2D eigenvalue weighted by Gasteiger charge is -2.36. The zero-order chi connectivity index (χ0) is 10.2. The summed E-state index contributed by atoms with van der Waals surface area (Å²) in [5, 5.41) is 0. The van der Waals surface area contributed by atoms with Crippen LogP contribution in [0.2, 0.25) is 0 Å². The van der Waals surface area contributed by atoms with E-state index in [2.05, 4.69) is 4.18 Å². The maximum Gasteiger partial charge on any atom is 0.397 e. The Morgan fingerprint density at radius 3 is 1.67 bits per heavy atom. The van der Waals surface area contributed by atoms with Crippen molar-refractivity contribution in [1.82, 2.24) is 0 Å². The highest BCUT2D eigenvalue weighted by atomic mass is 32.3. The van der Waals surface area contributed by atoms with Crippen LogP contribution in [0, 0.1) is 0 Å². The summed E-state index contributed by atoms with van der Waals surface area (Å²) in [6.45, 7) is 6.19. The molecule has 3 N–H and O–H groups in total. The molecule has 0 aliphatic carbocycles. The first kappa shape index (κ1) is 11.8. The van der Waals surface area contributed by atoms with E-state index in [9.17, 15) is 8.42 Å². The second-order valence-corrected chi connectivity index (χ2v) is 4.77. The van der Waals surface area contributed by atoms with Crippen molar-refractivity contribution in [3.63, 3.8) is 0 Å². The highest BCUT2D eigenvalue weighted by Crippen LogP contribution is 2.24. The van der Waals surface area contributed by atoms with Gasteiger partial charge in [0.1, 0.15) is 5.60 Å². The molecule has 0 rings (SSSR count). The van der Waals surface area contributed by atoms with Gasteiger partial charge in [-0.3, -0.25) is 4.55 Å². The zero-order valence-electron chi connectivity index (χ0n) is 7.66. The molecular formula is C6H15NO4S. The molecule has 0 aromatic carbocycles. The van der Waals surface area contributed by atoms with Gasteiger partial charge in [-0.2, -0.15) is 8.42 Å². The molecule has 0 saturated carbocycles. The molecule has 0 spiro atoms. The third-order valence-electron chi connectivity index (χ3n) is 1.87. The monoisotopic (exact) mass is 197 g/mol. The highest BCUT2D eigenvalue weighted by molar-refractivity contribution is 7.80. The normalized spacial score (nSPS) is 14.8. The van der Waals surface area contributed by atoms with Gasteiger partial charge in [0.25, 0.3) is 0 Å². The minimum absolute atomic E-state index is 0.858. The fraction of sp³-hybridized carbons (Fsp3) is 1.00. The van der Waals surface area contributed by atoms with Crippen LogP contribution in [0.5, 0.6) is 0 Å². The van der Waals surface area contributed by atoms with E-state index in [1.807, 2.05) is 0 Å². The van der Waals surface area contributed by atoms with E-state index in [4.69, 9.17) is 10.3 Å². The second kappa shape index (κ2) is 2.95. The first-order valence-corrected chi connectivity index (χ1v) is 4.79. The van der Waals surface area contributed by atoms with Crippen LogP contribution >= 0.6 is 0 Å². The van der Waals surface area contributed by atoms with Crippen LogP contribution in [-0.4, -0.2) is 24.1 Å². The summed E-state index contributed by atoms with van der Waals surface area (Å²) in [4.78, 5) is 0. The predicted molar refractivity (Wildman–Crippen MR) is 45.0 cm³/mol. The Kier molecular flexibility index (Phi) is 2.91. The van der Waals surface area contributed by atoms with E-state index in [0.717, 1.165) is 0 Å². The van der Waals surface area contributed by atoms with Crippen molar-refractivity contribution in [2.45, 2.75) is 38.8 Å². The molecule has 0 aromatic rings. The van der Waals surface area contributed by atoms with Crippen molar-refractivity contribution in [2.24, 2.45) is 5.73 Å². The molecule has 0 bridgehead atoms. The fourth-order valence-electron chi connectivity index (χ4n) is 0.371. The smallest absolute Gasteiger partial charge is 0.323 e. The summed E-state index contributed by atoms with van der Waals surface area (Å²) in [7, 11) is -4.44. The van der Waals surface area contributed by atoms with Gasteiger partial charge in [0.05, 0.1) is 0 Å². The Labute approximate surface area is 72.9 Å². The standard InChI is InChI=1S/C6H15NO4S/c1-5(2,7)6(3,4)11-12(8,9)10/h7H2,1-4H3,(H,8,9,10). The summed E-state index contributed by atoms with van der Waals surface area (Å²) < 4.78 is 33.5. The van der Waals surface area contributed by atoms with E-state index < -0.39 is 21.5 Å². The lowest BCUT2D eigenvalue weighted by molar-refractivity contribution is 0.0355. The van der Waals surface area contributed by atoms with Gasteiger partial charge in [-0.05, 0) is 27.7 Å². The van der Waals surface area contributed by atoms with Crippen molar-refractivity contribution in [3.05, 3.63) is 0 Å². The Hall–Kier alpha value is -0.170. The molecule has 0 aliphatic heterocycles. The lowest BCUT2D eigenvalue weighted by Crippen LogP contribution is -2.54. The third kappa shape index (κ3) is 3.48. The van der Waals surface area contributed by atoms with Gasteiger partial charge >= 0.3 is 10.4 Å². The number of hydrogen-bond donors (Lipinski definition) is 2. The Morgan fingerprint density at radius 1 is 1.25 bits per heavy atom. The molecule has 5 nitrogen and oxygen atoms in total. The molecule has 0 saturated heterocycles. The molecule has 0 atom stereocenters. The molecule has 0 fully saturated rings. The molecule has 0 amide bonds. The van der Waals surface area contributed by atoms with Gasteiger partial charge in [-0.1, -0.05) is 0 Å². The lowest BCUT2D eigenvalue weighted by atomic mass is 9.87. The van der Waals surface area contributed by atoms with Gasteiger partial charge < -0.3 is 5.73 Å². The minimum atomic E-state index is -4.44. The van der Waals surface area contributed by atoms with Crippen molar-refractivity contribution < 1.29 is 17.2 Å². The van der Waals surface area contributed by atoms with Gasteiger partial charge in [-0.15, -0.1) is 0 Å². The largest absolute Gasteiger partial charge is 0.397 e. The summed E-state index contributed by atoms with van der Waals surface area (Å²) in [6, 6.07) is 0. The quantitative estimate of drug-likeness (QED) is 0.636. The van der Waals surface area contributed by atoms with Crippen molar-refractivity contribution in [3.8, 4) is 0 Å². The highest BCUT2D eigenvalue weighted by Gasteiger charge is 2.38. The average molecular weight is 197 g/mol. The summed E-state index contributed by atoms with van der Waals surface area (Å²) in [5.41, 5.74) is 3.62. The maximum absolute atomic E-state index is 10.4. The SMILES string of the molecule is CC(C)(N)C(C)(C)OS(=O)(=O)O. The van der Waals surface area contributed by atoms with E-state index in [1.165, 1.54) is 13.8 Å². The van der Waals surface area contributed by atoms with Gasteiger partial charge in [-0.25, -0.2) is 4.18 Å². The molecular weight excluding hydrogens is 182 g/mol. The maximum atomic E-state index is 10.4. The molecule has 74 valence electrons. The molecule has 0 radical (unpaired) electrons. The fourth-order valence-corrected chi connectivity index (χ4v) is 1.11. The first-order valence-electron chi connectivity index (χ1n) is 3.43. The Balaban J connectivity index is 4.67. The molecule has 0 unspecified atom stereocenters. The van der Waals surface area contributed by atoms with Crippen LogP contribution in [0.3, 0.4) is 0 Å². The van der Waals surface area contributed by atoms with Crippen LogP contribution in [0.25, 0.3) is 0 Å². The van der Waals surface area contributed by atoms with E-state index in [0.29, 0.717) is 0 Å². The molecule has 0 aromatic heterocycles. The van der Waals surface area contributed by atoms with Crippen molar-refractivity contribution in [2.75, 3.05) is 0 Å². The second-order valence-electron chi connectivity index (χ2n) is 3.74. The van der Waals surface area contributed by atoms with Crippen molar-refractivity contribution >= 4 is 10.4 Å². The van der Waals surface area contributed by atoms with Gasteiger partial charge in [0.15, 0.2) is 0 Å². The number of nitrogens with two attached hydrogens (primary N) is 1. The van der Waals surface area contributed by atoms with Crippen LogP contribution in [0.1, 0.15) is 27.7 Å². The van der Waals surface area contributed by atoms with E-state index in [-0.39, 0.29) is 0 Å². The van der Waals surface area contributed by atoms with Crippen LogP contribution in [0.15, 0.2) is 0 Å². The minimum Gasteiger partial charge on any atom is -0.323 e. The third-order valence-corrected chi connectivity index (χ3v) is 2.49. The number of rotatable bonds is 3. The molecule has 0 heterocycles. The van der Waals surface area contributed by atoms with E-state index >= 15 is 0 Å². The summed E-state index contributed by atoms with van der Waals surface area (Å²) in [5.74, 6) is 0. The number of hydrogen-bond acceptors (Lipinski definition) is 4. The topological polar surface area (TPSA) is 89.6 Å². The van der Waals surface area contributed by atoms with E-state index in [1.54, 1.807) is 13.8 Å². The molecule has 12 heavy (non-hydrogen) atoms. The molecule has 6 heteroatoms. The zero-order valence-corrected chi connectivity index (χ0v) is 8.47. The summed E-state index contributed by atoms with van der Waals surface area (Å²) >= 11 is 0. The van der Waals surface area contributed by atoms with Crippen LogP contribution < -0.4 is 5.73 Å². The Bertz CT molecular complexity index is 249. The summed E-state index contributed by atoms with van der Waals surface area (Å²) in [6.07, 6.45) is 0. The first-order chi connectivity index (χ1) is 4.96. The average Bonchev–Trinajstić information content (AvgIpc) is 1.52.